The summed E-state index contributed by atoms with van der Waals surface area (Å²) >= 11 is 5.95. The van der Waals surface area contributed by atoms with E-state index in [2.05, 4.69) is 34.5 Å². The summed E-state index contributed by atoms with van der Waals surface area (Å²) in [5.74, 6) is 0.00153. The molecule has 0 spiro atoms. The van der Waals surface area contributed by atoms with Crippen molar-refractivity contribution in [1.82, 2.24) is 4.90 Å². The number of fused-ring (bicyclic) bond motifs is 1. The highest BCUT2D eigenvalue weighted by Crippen LogP contribution is 2.21. The van der Waals surface area contributed by atoms with Gasteiger partial charge < -0.3 is 5.32 Å². The molecule has 0 radical (unpaired) electrons. The van der Waals surface area contributed by atoms with Crippen molar-refractivity contribution in [1.29, 1.82) is 0 Å². The van der Waals surface area contributed by atoms with Crippen LogP contribution in [0.2, 0.25) is 5.02 Å². The van der Waals surface area contributed by atoms with Crippen molar-refractivity contribution in [3.05, 3.63) is 64.7 Å². The number of nitrogens with zero attached hydrogens (tertiary/aromatic N) is 1. The molecule has 3 nitrogen and oxygen atoms in total. The largest absolute Gasteiger partial charge is 0.325 e. The van der Waals surface area contributed by atoms with E-state index in [9.17, 15) is 4.79 Å². The van der Waals surface area contributed by atoms with Crippen LogP contribution in [0.15, 0.2) is 48.5 Å². The molecule has 22 heavy (non-hydrogen) atoms. The smallest absolute Gasteiger partial charge is 0.241 e. The van der Waals surface area contributed by atoms with E-state index in [1.165, 1.54) is 11.1 Å². The molecular weight excluding hydrogens is 296 g/mol. The van der Waals surface area contributed by atoms with Crippen LogP contribution in [0, 0.1) is 0 Å². The van der Waals surface area contributed by atoms with E-state index in [4.69, 9.17) is 11.6 Å². The van der Waals surface area contributed by atoms with Crippen LogP contribution in [0.1, 0.15) is 18.1 Å². The first-order valence-electron chi connectivity index (χ1n) is 7.51. The molecule has 0 fully saturated rings. The lowest BCUT2D eigenvalue weighted by molar-refractivity contribution is -0.121. The maximum absolute atomic E-state index is 12.4. The second-order valence-corrected chi connectivity index (χ2v) is 6.10. The summed E-state index contributed by atoms with van der Waals surface area (Å²) in [6.45, 7) is 3.68. The van der Waals surface area contributed by atoms with Crippen LogP contribution >= 0.6 is 11.6 Å². The third kappa shape index (κ3) is 3.32. The summed E-state index contributed by atoms with van der Waals surface area (Å²) in [4.78, 5) is 14.6. The van der Waals surface area contributed by atoms with Gasteiger partial charge in [-0.2, -0.15) is 0 Å². The van der Waals surface area contributed by atoms with Gasteiger partial charge in [-0.3, -0.25) is 9.69 Å². The van der Waals surface area contributed by atoms with Gasteiger partial charge in [0.15, 0.2) is 0 Å². The Hall–Kier alpha value is -1.84. The van der Waals surface area contributed by atoms with Gasteiger partial charge in [0.1, 0.15) is 0 Å². The van der Waals surface area contributed by atoms with Crippen molar-refractivity contribution in [3.8, 4) is 0 Å². The highest BCUT2D eigenvalue weighted by molar-refractivity contribution is 6.30. The summed E-state index contributed by atoms with van der Waals surface area (Å²) in [6, 6.07) is 15.5. The monoisotopic (exact) mass is 314 g/mol. The maximum atomic E-state index is 12.4. The Kier molecular flexibility index (Phi) is 4.46. The first-order valence-corrected chi connectivity index (χ1v) is 7.88. The minimum absolute atomic E-state index is 0.00153. The van der Waals surface area contributed by atoms with E-state index in [0.717, 1.165) is 25.2 Å². The van der Waals surface area contributed by atoms with Crippen molar-refractivity contribution in [2.45, 2.75) is 25.9 Å². The van der Waals surface area contributed by atoms with Gasteiger partial charge in [-0.15, -0.1) is 0 Å². The minimum Gasteiger partial charge on any atom is -0.325 e. The summed E-state index contributed by atoms with van der Waals surface area (Å²) in [7, 11) is 0. The molecule has 0 unspecified atom stereocenters. The van der Waals surface area contributed by atoms with Gasteiger partial charge in [0.05, 0.1) is 6.04 Å². The average molecular weight is 315 g/mol. The molecule has 3 rings (SSSR count). The molecule has 2 aromatic rings. The van der Waals surface area contributed by atoms with Crippen LogP contribution in [-0.4, -0.2) is 23.4 Å². The summed E-state index contributed by atoms with van der Waals surface area (Å²) in [6.07, 6.45) is 0.991. The van der Waals surface area contributed by atoms with Crippen LogP contribution in [0.5, 0.6) is 0 Å². The number of hydrogen-bond donors (Lipinski definition) is 1. The second kappa shape index (κ2) is 6.51. The topological polar surface area (TPSA) is 32.3 Å². The van der Waals surface area contributed by atoms with Crippen molar-refractivity contribution in [2.24, 2.45) is 0 Å². The highest BCUT2D eigenvalue weighted by atomic mass is 35.5. The Morgan fingerprint density at radius 2 is 1.95 bits per heavy atom. The van der Waals surface area contributed by atoms with Crippen LogP contribution in [0.3, 0.4) is 0 Å². The normalized spacial score (nSPS) is 15.9. The lowest BCUT2D eigenvalue weighted by atomic mass is 9.99. The molecule has 0 aromatic heterocycles. The van der Waals surface area contributed by atoms with Crippen molar-refractivity contribution in [3.63, 3.8) is 0 Å². The molecule has 0 aliphatic carbocycles. The van der Waals surface area contributed by atoms with Gasteiger partial charge in [-0.25, -0.2) is 0 Å². The van der Waals surface area contributed by atoms with Crippen molar-refractivity contribution >= 4 is 23.2 Å². The van der Waals surface area contributed by atoms with Crippen LogP contribution in [0.25, 0.3) is 0 Å². The fourth-order valence-electron chi connectivity index (χ4n) is 2.83. The Morgan fingerprint density at radius 3 is 2.73 bits per heavy atom. The van der Waals surface area contributed by atoms with E-state index in [1.54, 1.807) is 12.1 Å². The lowest BCUT2D eigenvalue weighted by Gasteiger charge is -2.32. The Balaban J connectivity index is 1.67. The third-order valence-electron chi connectivity index (χ3n) is 4.18. The fraction of sp³-hybridized carbons (Fsp3) is 0.278. The molecule has 0 saturated carbocycles. The Bertz CT molecular complexity index is 686. The highest BCUT2D eigenvalue weighted by Gasteiger charge is 2.25. The van der Waals surface area contributed by atoms with Crippen molar-refractivity contribution < 1.29 is 4.79 Å². The van der Waals surface area contributed by atoms with Crippen molar-refractivity contribution in [2.75, 3.05) is 11.9 Å². The van der Waals surface area contributed by atoms with Gasteiger partial charge in [-0.1, -0.05) is 41.9 Å². The Labute approximate surface area is 135 Å². The zero-order valence-electron chi connectivity index (χ0n) is 12.6. The van der Waals surface area contributed by atoms with Gasteiger partial charge in [0, 0.05) is 23.8 Å². The number of nitrogens with one attached hydrogen (secondary N) is 1. The Morgan fingerprint density at radius 1 is 1.18 bits per heavy atom. The number of carbonyl (C=O) groups is 1. The molecule has 1 N–H and O–H groups in total. The third-order valence-corrected chi connectivity index (χ3v) is 4.41. The molecule has 4 heteroatoms. The number of amides is 1. The van der Waals surface area contributed by atoms with Gasteiger partial charge in [0.2, 0.25) is 5.91 Å². The van der Waals surface area contributed by atoms with E-state index >= 15 is 0 Å². The molecule has 114 valence electrons. The lowest BCUT2D eigenvalue weighted by Crippen LogP contribution is -2.44. The number of benzene rings is 2. The summed E-state index contributed by atoms with van der Waals surface area (Å²) < 4.78 is 0. The molecular formula is C18H19ClN2O. The molecule has 1 aliphatic rings. The molecule has 0 saturated heterocycles. The summed E-state index contributed by atoms with van der Waals surface area (Å²) in [5, 5.41) is 3.56. The average Bonchev–Trinajstić information content (AvgIpc) is 2.53. The van der Waals surface area contributed by atoms with Crippen LogP contribution in [0.4, 0.5) is 5.69 Å². The van der Waals surface area contributed by atoms with E-state index in [-0.39, 0.29) is 11.9 Å². The zero-order valence-corrected chi connectivity index (χ0v) is 13.3. The molecule has 1 amide bonds. The number of anilines is 1. The molecule has 0 bridgehead atoms. The second-order valence-electron chi connectivity index (χ2n) is 5.66. The number of hydrogen-bond acceptors (Lipinski definition) is 2. The van der Waals surface area contributed by atoms with E-state index < -0.39 is 0 Å². The van der Waals surface area contributed by atoms with Gasteiger partial charge in [0.25, 0.3) is 0 Å². The molecule has 1 aliphatic heterocycles. The molecule has 1 atom stereocenters. The number of rotatable bonds is 3. The molecule has 2 aromatic carbocycles. The van der Waals surface area contributed by atoms with Gasteiger partial charge >= 0.3 is 0 Å². The number of halogens is 1. The fourth-order valence-corrected chi connectivity index (χ4v) is 3.02. The SMILES string of the molecule is C[C@H](C(=O)Nc1cccc(Cl)c1)N1CCc2ccccc2C1. The van der Waals surface area contributed by atoms with E-state index in [0.29, 0.717) is 5.02 Å². The zero-order chi connectivity index (χ0) is 15.5. The predicted molar refractivity (Wildman–Crippen MR) is 90.1 cm³/mol. The molecule has 1 heterocycles. The predicted octanol–water partition coefficient (Wildman–Crippen LogP) is 3.73. The maximum Gasteiger partial charge on any atom is 0.241 e. The van der Waals surface area contributed by atoms with Crippen LogP contribution in [-0.2, 0) is 17.8 Å². The number of carbonyl (C=O) groups excluding carboxylic acids is 1. The quantitative estimate of drug-likeness (QED) is 0.936. The minimum atomic E-state index is -0.174. The first-order chi connectivity index (χ1) is 10.6. The summed E-state index contributed by atoms with van der Waals surface area (Å²) in [5.41, 5.74) is 3.44. The van der Waals surface area contributed by atoms with E-state index in [1.807, 2.05) is 19.1 Å². The standard InChI is InChI=1S/C18H19ClN2O/c1-13(18(22)20-17-8-4-7-16(19)11-17)21-10-9-14-5-2-3-6-15(14)12-21/h2-8,11,13H,9-10,12H2,1H3,(H,20,22)/t13-/m1/s1. The van der Waals surface area contributed by atoms with Crippen LogP contribution < -0.4 is 5.32 Å². The first kappa shape index (κ1) is 15.1. The van der Waals surface area contributed by atoms with Gasteiger partial charge in [-0.05, 0) is 42.7 Å².